The Morgan fingerprint density at radius 2 is 1.54 bits per heavy atom. The number of hydrogen-bond acceptors (Lipinski definition) is 5. The van der Waals surface area contributed by atoms with E-state index in [1.54, 1.807) is 20.8 Å². The Bertz CT molecular complexity index is 773. The highest BCUT2D eigenvalue weighted by molar-refractivity contribution is 5.90. The van der Waals surface area contributed by atoms with E-state index in [2.05, 4.69) is 16.0 Å². The summed E-state index contributed by atoms with van der Waals surface area (Å²) < 4.78 is 5.43. The van der Waals surface area contributed by atoms with E-state index < -0.39 is 41.7 Å². The van der Waals surface area contributed by atoms with Crippen molar-refractivity contribution in [2.24, 2.45) is 28.9 Å². The maximum absolute atomic E-state index is 13.4. The molecule has 198 valence electrons. The first-order chi connectivity index (χ1) is 16.3. The Balaban J connectivity index is 1.66. The normalized spacial score (nSPS) is 28.6. The van der Waals surface area contributed by atoms with Crippen molar-refractivity contribution >= 4 is 24.0 Å². The number of alkyl carbamates (subject to hydrolysis) is 1. The van der Waals surface area contributed by atoms with Crippen molar-refractivity contribution in [3.8, 4) is 0 Å². The Morgan fingerprint density at radius 3 is 2.03 bits per heavy atom. The monoisotopic (exact) mass is 494 g/mol. The molecule has 0 radical (unpaired) electrons. The van der Waals surface area contributed by atoms with Gasteiger partial charge >= 0.3 is 12.2 Å². The van der Waals surface area contributed by atoms with Gasteiger partial charge in [-0.2, -0.15) is 0 Å². The lowest BCUT2D eigenvalue weighted by molar-refractivity contribution is -0.130. The number of primary amides is 1. The number of carboxylic acid groups (broad SMARTS) is 1. The quantitative estimate of drug-likeness (QED) is 0.278. The molecular formula is C25H42N4O6. The molecule has 10 heteroatoms. The average Bonchev–Trinajstić information content (AvgIpc) is 2.69. The van der Waals surface area contributed by atoms with Gasteiger partial charge in [-0.1, -0.05) is 0 Å². The molecule has 4 saturated carbocycles. The van der Waals surface area contributed by atoms with E-state index in [-0.39, 0.29) is 12.0 Å². The zero-order valence-corrected chi connectivity index (χ0v) is 21.2. The molecule has 0 saturated heterocycles. The summed E-state index contributed by atoms with van der Waals surface area (Å²) in [7, 11) is 0. The Morgan fingerprint density at radius 1 is 0.971 bits per heavy atom. The van der Waals surface area contributed by atoms with Gasteiger partial charge in [0.15, 0.2) is 0 Å². The summed E-state index contributed by atoms with van der Waals surface area (Å²) in [5.41, 5.74) is 4.87. The average molecular weight is 495 g/mol. The van der Waals surface area contributed by atoms with Gasteiger partial charge in [0.2, 0.25) is 11.8 Å². The van der Waals surface area contributed by atoms with Gasteiger partial charge in [0, 0.05) is 6.54 Å². The summed E-state index contributed by atoms with van der Waals surface area (Å²) in [6.45, 7) is 5.55. The maximum Gasteiger partial charge on any atom is 0.408 e. The molecule has 0 heterocycles. The van der Waals surface area contributed by atoms with E-state index in [9.17, 15) is 19.2 Å². The number of nitrogens with one attached hydrogen (secondary N) is 3. The van der Waals surface area contributed by atoms with E-state index in [0.717, 1.165) is 19.3 Å². The molecule has 2 unspecified atom stereocenters. The predicted molar refractivity (Wildman–Crippen MR) is 129 cm³/mol. The van der Waals surface area contributed by atoms with Crippen LogP contribution in [0.15, 0.2) is 0 Å². The zero-order valence-electron chi connectivity index (χ0n) is 21.2. The molecule has 4 amide bonds. The van der Waals surface area contributed by atoms with Crippen LogP contribution in [0.5, 0.6) is 0 Å². The Hall–Kier alpha value is -2.52. The third kappa shape index (κ3) is 8.00. The van der Waals surface area contributed by atoms with Gasteiger partial charge in [0.25, 0.3) is 0 Å². The van der Waals surface area contributed by atoms with Crippen molar-refractivity contribution in [1.29, 1.82) is 0 Å². The summed E-state index contributed by atoms with van der Waals surface area (Å²) in [6, 6.07) is -1.72. The summed E-state index contributed by atoms with van der Waals surface area (Å²) in [6.07, 6.45) is 7.13. The number of ether oxygens (including phenoxy) is 1. The number of nitrogens with two attached hydrogens (primary N) is 1. The van der Waals surface area contributed by atoms with Gasteiger partial charge < -0.3 is 31.5 Å². The topological polar surface area (TPSA) is 160 Å². The van der Waals surface area contributed by atoms with Crippen LogP contribution in [-0.4, -0.2) is 53.3 Å². The molecule has 4 aliphatic rings. The van der Waals surface area contributed by atoms with E-state index >= 15 is 0 Å². The molecule has 4 aliphatic carbocycles. The van der Waals surface area contributed by atoms with Gasteiger partial charge in [0.05, 0.1) is 0 Å². The SMILES string of the molecule is CC(C)(C)OC(=O)NC(CC12CC3CC(CC(C3)C1)C2)C(=O)NC(CCCCNC(=O)O)C(N)=O. The van der Waals surface area contributed by atoms with Gasteiger partial charge in [-0.3, -0.25) is 9.59 Å². The lowest BCUT2D eigenvalue weighted by Crippen LogP contribution is -2.56. The fourth-order valence-corrected chi connectivity index (χ4v) is 6.86. The maximum atomic E-state index is 13.4. The number of carbonyl (C=O) groups excluding carboxylic acids is 3. The van der Waals surface area contributed by atoms with Crippen molar-refractivity contribution in [2.45, 2.75) is 103 Å². The predicted octanol–water partition coefficient (Wildman–Crippen LogP) is 2.89. The minimum Gasteiger partial charge on any atom is -0.465 e. The molecule has 4 rings (SSSR count). The van der Waals surface area contributed by atoms with E-state index in [1.165, 1.54) is 19.3 Å². The highest BCUT2D eigenvalue weighted by Crippen LogP contribution is 2.61. The largest absolute Gasteiger partial charge is 0.465 e. The Kier molecular flexibility index (Phi) is 8.54. The first-order valence-corrected chi connectivity index (χ1v) is 12.9. The van der Waals surface area contributed by atoms with Crippen molar-refractivity contribution in [3.05, 3.63) is 0 Å². The van der Waals surface area contributed by atoms with Gasteiger partial charge in [0.1, 0.15) is 17.7 Å². The highest BCUT2D eigenvalue weighted by atomic mass is 16.6. The number of unbranched alkanes of at least 4 members (excludes halogenated alkanes) is 1. The smallest absolute Gasteiger partial charge is 0.408 e. The second-order valence-corrected chi connectivity index (χ2v) is 12.0. The van der Waals surface area contributed by atoms with Crippen LogP contribution >= 0.6 is 0 Å². The molecule has 6 N–H and O–H groups in total. The number of carbonyl (C=O) groups is 4. The lowest BCUT2D eigenvalue weighted by atomic mass is 9.48. The molecule has 0 aromatic rings. The van der Waals surface area contributed by atoms with Crippen molar-refractivity contribution in [3.63, 3.8) is 0 Å². The molecule has 4 fully saturated rings. The second-order valence-electron chi connectivity index (χ2n) is 12.0. The summed E-state index contributed by atoms with van der Waals surface area (Å²) in [5, 5.41) is 16.5. The van der Waals surface area contributed by atoms with Crippen LogP contribution in [0.2, 0.25) is 0 Å². The number of amides is 4. The van der Waals surface area contributed by atoms with Crippen LogP contribution < -0.4 is 21.7 Å². The molecule has 10 nitrogen and oxygen atoms in total. The van der Waals surface area contributed by atoms with Crippen LogP contribution in [0.1, 0.15) is 85.0 Å². The molecule has 0 aromatic carbocycles. The van der Waals surface area contributed by atoms with Gasteiger partial charge in [-0.25, -0.2) is 9.59 Å². The summed E-state index contributed by atoms with van der Waals surface area (Å²) in [5.74, 6) is 1.01. The molecule has 0 aliphatic heterocycles. The van der Waals surface area contributed by atoms with Crippen molar-refractivity contribution in [1.82, 2.24) is 16.0 Å². The molecule has 0 spiro atoms. The van der Waals surface area contributed by atoms with Crippen molar-refractivity contribution < 1.29 is 29.0 Å². The lowest BCUT2D eigenvalue weighted by Gasteiger charge is -2.57. The minimum atomic E-state index is -1.11. The molecule has 35 heavy (non-hydrogen) atoms. The van der Waals surface area contributed by atoms with Gasteiger partial charge in [-0.05, 0) is 108 Å². The molecule has 4 bridgehead atoms. The third-order valence-electron chi connectivity index (χ3n) is 7.67. The molecule has 2 atom stereocenters. The minimum absolute atomic E-state index is 0.0243. The summed E-state index contributed by atoms with van der Waals surface area (Å²) in [4.78, 5) is 48.6. The fourth-order valence-electron chi connectivity index (χ4n) is 6.86. The molecular weight excluding hydrogens is 452 g/mol. The standard InChI is InChI=1S/C25H42N4O6/c1-24(2,3)35-23(34)29-19(14-25-11-15-8-16(12-25)10-17(9-15)13-25)21(31)28-18(20(26)30)6-4-5-7-27-22(32)33/h15-19,27H,4-14H2,1-3H3,(H2,26,30)(H,28,31)(H,29,34)(H,32,33). The van der Waals surface area contributed by atoms with Crippen LogP contribution in [0, 0.1) is 23.2 Å². The van der Waals surface area contributed by atoms with E-state index in [4.69, 9.17) is 15.6 Å². The first-order valence-electron chi connectivity index (χ1n) is 12.9. The third-order valence-corrected chi connectivity index (χ3v) is 7.67. The van der Waals surface area contributed by atoms with Gasteiger partial charge in [-0.15, -0.1) is 0 Å². The number of rotatable bonds is 11. The van der Waals surface area contributed by atoms with Crippen LogP contribution in [0.25, 0.3) is 0 Å². The Labute approximate surface area is 207 Å². The summed E-state index contributed by atoms with van der Waals surface area (Å²) >= 11 is 0. The van der Waals surface area contributed by atoms with Crippen LogP contribution in [0.4, 0.5) is 9.59 Å². The zero-order chi connectivity index (χ0) is 25.8. The number of hydrogen-bond donors (Lipinski definition) is 5. The first kappa shape index (κ1) is 27.1. The van der Waals surface area contributed by atoms with E-state index in [0.29, 0.717) is 43.4 Å². The second kappa shape index (κ2) is 11.0. The van der Waals surface area contributed by atoms with Crippen molar-refractivity contribution in [2.75, 3.05) is 6.54 Å². The van der Waals surface area contributed by atoms with Crippen LogP contribution in [0.3, 0.4) is 0 Å². The molecule has 0 aromatic heterocycles. The van der Waals surface area contributed by atoms with E-state index in [1.807, 2.05) is 0 Å². The van der Waals surface area contributed by atoms with Crippen LogP contribution in [-0.2, 0) is 14.3 Å². The fraction of sp³-hybridized carbons (Fsp3) is 0.840. The highest BCUT2D eigenvalue weighted by Gasteiger charge is 2.52.